The van der Waals surface area contributed by atoms with Crippen molar-refractivity contribution < 1.29 is 14.4 Å². The van der Waals surface area contributed by atoms with Gasteiger partial charge in [0.1, 0.15) is 0 Å². The molecule has 158 valence electrons. The number of hydrogen-bond acceptors (Lipinski definition) is 7. The van der Waals surface area contributed by atoms with Gasteiger partial charge < -0.3 is 16.0 Å². The van der Waals surface area contributed by atoms with Gasteiger partial charge in [-0.05, 0) is 35.7 Å². The van der Waals surface area contributed by atoms with E-state index in [-0.39, 0.29) is 12.5 Å². The molecule has 0 bridgehead atoms. The molecule has 9 nitrogen and oxygen atoms in total. The first-order chi connectivity index (χ1) is 15.0. The van der Waals surface area contributed by atoms with Gasteiger partial charge in [-0.25, -0.2) is 4.52 Å². The number of carbonyl (C=O) groups excluding carboxylic acids is 3. The van der Waals surface area contributed by atoms with Gasteiger partial charge in [-0.3, -0.25) is 14.4 Å². The van der Waals surface area contributed by atoms with E-state index in [9.17, 15) is 14.4 Å². The number of anilines is 2. The van der Waals surface area contributed by atoms with Gasteiger partial charge in [0, 0.05) is 36.6 Å². The molecular formula is C20H18N6O3S2. The number of aromatic nitrogens is 3. The van der Waals surface area contributed by atoms with Crippen LogP contribution in [0.25, 0.3) is 15.7 Å². The number of benzene rings is 1. The Bertz CT molecular complexity index is 1230. The SMILES string of the molecule is CC(=O)Nc1ccc(NC(=O)C(=O)NCCc2csc3nc(-c4cccs4)nn23)cc1. The number of rotatable bonds is 6. The molecule has 31 heavy (non-hydrogen) atoms. The Morgan fingerprint density at radius 1 is 1.00 bits per heavy atom. The standard InChI is InChI=1S/C20H18N6O3S2/c1-12(27)22-13-4-6-14(7-5-13)23-19(29)18(28)21-9-8-15-11-31-20-24-17(25-26(15)20)16-3-2-10-30-16/h2-7,10-11H,8-9H2,1H3,(H,21,28)(H,22,27)(H,23,29). The van der Waals surface area contributed by atoms with Crippen molar-refractivity contribution in [1.29, 1.82) is 0 Å². The highest BCUT2D eigenvalue weighted by Crippen LogP contribution is 2.24. The first-order valence-electron chi connectivity index (χ1n) is 9.33. The maximum Gasteiger partial charge on any atom is 0.313 e. The normalized spacial score (nSPS) is 10.7. The van der Waals surface area contributed by atoms with Gasteiger partial charge in [-0.15, -0.1) is 27.8 Å². The Morgan fingerprint density at radius 3 is 2.42 bits per heavy atom. The van der Waals surface area contributed by atoms with Crippen molar-refractivity contribution in [2.75, 3.05) is 17.2 Å². The topological polar surface area (TPSA) is 117 Å². The molecule has 0 aliphatic rings. The smallest absolute Gasteiger partial charge is 0.313 e. The van der Waals surface area contributed by atoms with Gasteiger partial charge in [0.15, 0.2) is 5.82 Å². The fourth-order valence-electron chi connectivity index (χ4n) is 2.82. The summed E-state index contributed by atoms with van der Waals surface area (Å²) in [6, 6.07) is 10.4. The third kappa shape index (κ3) is 4.95. The van der Waals surface area contributed by atoms with E-state index in [4.69, 9.17) is 0 Å². The number of thiazole rings is 1. The van der Waals surface area contributed by atoms with Crippen LogP contribution in [0.4, 0.5) is 11.4 Å². The third-order valence-electron chi connectivity index (χ3n) is 4.23. The molecule has 0 radical (unpaired) electrons. The summed E-state index contributed by atoms with van der Waals surface area (Å²) in [5.74, 6) is -0.998. The van der Waals surface area contributed by atoms with Crippen LogP contribution < -0.4 is 16.0 Å². The van der Waals surface area contributed by atoms with Crippen LogP contribution in [-0.2, 0) is 20.8 Å². The van der Waals surface area contributed by atoms with Crippen molar-refractivity contribution in [2.24, 2.45) is 0 Å². The Labute approximate surface area is 185 Å². The van der Waals surface area contributed by atoms with Crippen LogP contribution >= 0.6 is 22.7 Å². The Balaban J connectivity index is 1.29. The van der Waals surface area contributed by atoms with Crippen molar-refractivity contribution in [3.8, 4) is 10.7 Å². The summed E-state index contributed by atoms with van der Waals surface area (Å²) in [6.07, 6.45) is 0.512. The van der Waals surface area contributed by atoms with Crippen LogP contribution in [0.1, 0.15) is 12.6 Å². The minimum atomic E-state index is -0.761. The van der Waals surface area contributed by atoms with Crippen LogP contribution in [0.2, 0.25) is 0 Å². The lowest BCUT2D eigenvalue weighted by Crippen LogP contribution is -2.36. The maximum atomic E-state index is 12.1. The number of carbonyl (C=O) groups is 3. The fourth-order valence-corrected chi connectivity index (χ4v) is 4.33. The fraction of sp³-hybridized carbons (Fsp3) is 0.150. The molecule has 4 aromatic rings. The van der Waals surface area contributed by atoms with E-state index in [1.54, 1.807) is 40.1 Å². The first-order valence-corrected chi connectivity index (χ1v) is 11.1. The van der Waals surface area contributed by atoms with Crippen molar-refractivity contribution in [1.82, 2.24) is 19.9 Å². The minimum Gasteiger partial charge on any atom is -0.347 e. The summed E-state index contributed by atoms with van der Waals surface area (Å²) >= 11 is 3.06. The van der Waals surface area contributed by atoms with E-state index in [2.05, 4.69) is 26.0 Å². The number of fused-ring (bicyclic) bond motifs is 1. The molecule has 3 heterocycles. The van der Waals surface area contributed by atoms with E-state index in [1.807, 2.05) is 22.9 Å². The summed E-state index contributed by atoms with van der Waals surface area (Å²) in [5.41, 5.74) is 1.97. The highest BCUT2D eigenvalue weighted by Gasteiger charge is 2.15. The summed E-state index contributed by atoms with van der Waals surface area (Å²) < 4.78 is 1.77. The molecule has 0 saturated carbocycles. The lowest BCUT2D eigenvalue weighted by molar-refractivity contribution is -0.136. The van der Waals surface area contributed by atoms with E-state index in [1.165, 1.54) is 18.3 Å². The Hall–Kier alpha value is -3.57. The van der Waals surface area contributed by atoms with E-state index in [0.29, 0.717) is 23.6 Å². The summed E-state index contributed by atoms with van der Waals surface area (Å²) in [5, 5.41) is 16.2. The van der Waals surface area contributed by atoms with Gasteiger partial charge in [0.05, 0.1) is 10.6 Å². The van der Waals surface area contributed by atoms with Crippen molar-refractivity contribution in [3.63, 3.8) is 0 Å². The monoisotopic (exact) mass is 454 g/mol. The first kappa shape index (κ1) is 20.7. The average molecular weight is 455 g/mol. The molecule has 1 aromatic carbocycles. The number of amides is 3. The molecule has 0 aliphatic carbocycles. The molecule has 0 spiro atoms. The molecule has 0 atom stereocenters. The minimum absolute atomic E-state index is 0.187. The number of thiophene rings is 1. The molecule has 0 aliphatic heterocycles. The van der Waals surface area contributed by atoms with Crippen LogP contribution in [0.15, 0.2) is 47.2 Å². The van der Waals surface area contributed by atoms with Crippen LogP contribution in [0.3, 0.4) is 0 Å². The molecule has 11 heteroatoms. The summed E-state index contributed by atoms with van der Waals surface area (Å²) in [6.45, 7) is 1.69. The second-order valence-electron chi connectivity index (χ2n) is 6.55. The molecule has 4 rings (SSSR count). The summed E-state index contributed by atoms with van der Waals surface area (Å²) in [7, 11) is 0. The van der Waals surface area contributed by atoms with E-state index < -0.39 is 11.8 Å². The Morgan fingerprint density at radius 2 is 1.74 bits per heavy atom. The molecule has 0 unspecified atom stereocenters. The molecule has 3 aromatic heterocycles. The highest BCUT2D eigenvalue weighted by molar-refractivity contribution is 7.15. The molecule has 3 N–H and O–H groups in total. The third-order valence-corrected chi connectivity index (χ3v) is 5.96. The van der Waals surface area contributed by atoms with Gasteiger partial charge in [-0.2, -0.15) is 4.98 Å². The predicted octanol–water partition coefficient (Wildman–Crippen LogP) is 2.78. The number of hydrogen-bond donors (Lipinski definition) is 3. The van der Waals surface area contributed by atoms with Crippen LogP contribution in [-0.4, -0.2) is 38.9 Å². The zero-order chi connectivity index (χ0) is 21.8. The zero-order valence-corrected chi connectivity index (χ0v) is 18.0. The molecule has 0 fully saturated rings. The van der Waals surface area contributed by atoms with E-state index >= 15 is 0 Å². The van der Waals surface area contributed by atoms with Crippen LogP contribution in [0, 0.1) is 0 Å². The maximum absolute atomic E-state index is 12.1. The van der Waals surface area contributed by atoms with Crippen molar-refractivity contribution in [3.05, 3.63) is 52.9 Å². The van der Waals surface area contributed by atoms with Gasteiger partial charge in [0.25, 0.3) is 0 Å². The molecule has 3 amide bonds. The number of nitrogens with zero attached hydrogens (tertiary/aromatic N) is 3. The largest absolute Gasteiger partial charge is 0.347 e. The van der Waals surface area contributed by atoms with Crippen molar-refractivity contribution in [2.45, 2.75) is 13.3 Å². The number of nitrogens with one attached hydrogen (secondary N) is 3. The second kappa shape index (κ2) is 9.06. The second-order valence-corrected chi connectivity index (χ2v) is 8.34. The lowest BCUT2D eigenvalue weighted by Gasteiger charge is -2.07. The zero-order valence-electron chi connectivity index (χ0n) is 16.4. The predicted molar refractivity (Wildman–Crippen MR) is 120 cm³/mol. The van der Waals surface area contributed by atoms with E-state index in [0.717, 1.165) is 15.5 Å². The highest BCUT2D eigenvalue weighted by atomic mass is 32.1. The summed E-state index contributed by atoms with van der Waals surface area (Å²) in [4.78, 5) is 41.5. The van der Waals surface area contributed by atoms with Crippen molar-refractivity contribution >= 4 is 56.7 Å². The van der Waals surface area contributed by atoms with Gasteiger partial charge in [-0.1, -0.05) is 6.07 Å². The molecular weight excluding hydrogens is 436 g/mol. The Kier molecular flexibility index (Phi) is 6.05. The van der Waals surface area contributed by atoms with Gasteiger partial charge >= 0.3 is 11.8 Å². The lowest BCUT2D eigenvalue weighted by atomic mass is 10.2. The average Bonchev–Trinajstić information content (AvgIpc) is 3.46. The molecule has 0 saturated heterocycles. The quantitative estimate of drug-likeness (QED) is 0.387. The van der Waals surface area contributed by atoms with Crippen LogP contribution in [0.5, 0.6) is 0 Å². The van der Waals surface area contributed by atoms with Gasteiger partial charge in [0.2, 0.25) is 10.9 Å².